The van der Waals surface area contributed by atoms with E-state index >= 15 is 0 Å². The fraction of sp³-hybridized carbons (Fsp3) is 0.294. The Morgan fingerprint density at radius 3 is 2.29 bits per heavy atom. The van der Waals surface area contributed by atoms with Gasteiger partial charge in [0.05, 0.1) is 21.3 Å². The van der Waals surface area contributed by atoms with E-state index < -0.39 is 0 Å². The zero-order chi connectivity index (χ0) is 15.1. The summed E-state index contributed by atoms with van der Waals surface area (Å²) in [6, 6.07) is 14.0. The molecule has 0 aliphatic carbocycles. The highest BCUT2D eigenvalue weighted by Crippen LogP contribution is 2.29. The second kappa shape index (κ2) is 7.84. The lowest BCUT2D eigenvalue weighted by atomic mass is 10.2. The first-order valence-corrected chi connectivity index (χ1v) is 7.84. The molecule has 21 heavy (non-hydrogen) atoms. The Hall–Kier alpha value is -1.81. The van der Waals surface area contributed by atoms with Gasteiger partial charge in [-0.1, -0.05) is 12.1 Å². The minimum atomic E-state index is 0.854. The van der Waals surface area contributed by atoms with Crippen LogP contribution in [0.25, 0.3) is 0 Å². The molecule has 0 aliphatic heterocycles. The van der Waals surface area contributed by atoms with Gasteiger partial charge in [-0.2, -0.15) is 11.8 Å². The van der Waals surface area contributed by atoms with Gasteiger partial charge in [-0.25, -0.2) is 0 Å². The number of hydrogen-bond acceptors (Lipinski definition) is 4. The smallest absolute Gasteiger partial charge is 0.123 e. The molecule has 0 N–H and O–H groups in total. The summed E-state index contributed by atoms with van der Waals surface area (Å²) in [7, 11) is 5.06. The average Bonchev–Trinajstić information content (AvgIpc) is 2.55. The predicted octanol–water partition coefficient (Wildman–Crippen LogP) is 4.15. The molecule has 0 saturated heterocycles. The molecule has 0 heterocycles. The van der Waals surface area contributed by atoms with E-state index in [1.54, 1.807) is 21.3 Å². The van der Waals surface area contributed by atoms with E-state index in [9.17, 15) is 0 Å². The molecule has 0 fully saturated rings. The Balaban J connectivity index is 1.99. The summed E-state index contributed by atoms with van der Waals surface area (Å²) in [5.41, 5.74) is 2.39. The van der Waals surface area contributed by atoms with E-state index in [1.807, 2.05) is 42.1 Å². The number of rotatable bonds is 7. The van der Waals surface area contributed by atoms with Crippen molar-refractivity contribution >= 4 is 11.8 Å². The molecular weight excluding hydrogens is 284 g/mol. The van der Waals surface area contributed by atoms with Gasteiger partial charge in [-0.15, -0.1) is 0 Å². The maximum Gasteiger partial charge on any atom is 0.123 e. The minimum Gasteiger partial charge on any atom is -0.497 e. The van der Waals surface area contributed by atoms with E-state index in [0.717, 1.165) is 34.3 Å². The largest absolute Gasteiger partial charge is 0.497 e. The highest BCUT2D eigenvalue weighted by molar-refractivity contribution is 7.97. The van der Waals surface area contributed by atoms with Crippen LogP contribution < -0.4 is 14.2 Å². The summed E-state index contributed by atoms with van der Waals surface area (Å²) >= 11 is 1.84. The van der Waals surface area contributed by atoms with Gasteiger partial charge in [0.2, 0.25) is 0 Å². The van der Waals surface area contributed by atoms with Crippen LogP contribution >= 0.6 is 11.8 Å². The summed E-state index contributed by atoms with van der Waals surface area (Å²) < 4.78 is 15.9. The van der Waals surface area contributed by atoms with Crippen LogP contribution in [-0.4, -0.2) is 21.3 Å². The molecule has 0 saturated carbocycles. The zero-order valence-corrected chi connectivity index (χ0v) is 13.4. The molecule has 0 amide bonds. The third kappa shape index (κ3) is 4.33. The Kier molecular flexibility index (Phi) is 5.81. The maximum absolute atomic E-state index is 5.40. The maximum atomic E-state index is 5.40. The van der Waals surface area contributed by atoms with E-state index in [2.05, 4.69) is 12.1 Å². The van der Waals surface area contributed by atoms with Crippen molar-refractivity contribution in [2.75, 3.05) is 21.3 Å². The topological polar surface area (TPSA) is 27.7 Å². The van der Waals surface area contributed by atoms with E-state index in [1.165, 1.54) is 5.56 Å². The number of methoxy groups -OCH3 is 3. The van der Waals surface area contributed by atoms with Gasteiger partial charge in [0.15, 0.2) is 0 Å². The molecule has 2 rings (SSSR count). The fourth-order valence-corrected chi connectivity index (χ4v) is 3.00. The number of benzene rings is 2. The van der Waals surface area contributed by atoms with Crippen LogP contribution in [-0.2, 0) is 11.5 Å². The van der Waals surface area contributed by atoms with Gasteiger partial charge in [-0.05, 0) is 35.9 Å². The first-order chi connectivity index (χ1) is 10.3. The van der Waals surface area contributed by atoms with Crippen molar-refractivity contribution in [2.45, 2.75) is 11.5 Å². The third-order valence-electron chi connectivity index (χ3n) is 3.15. The zero-order valence-electron chi connectivity index (χ0n) is 12.6. The standard InChI is InChI=1S/C17H20O3S/c1-18-15-6-4-5-13(9-15)11-21-12-14-10-16(19-2)7-8-17(14)20-3/h4-10H,11-12H2,1-3H3. The molecule has 0 radical (unpaired) electrons. The van der Waals surface area contributed by atoms with E-state index in [4.69, 9.17) is 14.2 Å². The number of thioether (sulfide) groups is 1. The van der Waals surface area contributed by atoms with Crippen LogP contribution in [0.4, 0.5) is 0 Å². The molecular formula is C17H20O3S. The Morgan fingerprint density at radius 2 is 1.57 bits per heavy atom. The van der Waals surface area contributed by atoms with Crippen molar-refractivity contribution in [2.24, 2.45) is 0 Å². The summed E-state index contributed by atoms with van der Waals surface area (Å²) in [6.45, 7) is 0. The lowest BCUT2D eigenvalue weighted by Crippen LogP contribution is -1.93. The van der Waals surface area contributed by atoms with Crippen LogP contribution in [0, 0.1) is 0 Å². The predicted molar refractivity (Wildman–Crippen MR) is 87.5 cm³/mol. The lowest BCUT2D eigenvalue weighted by Gasteiger charge is -2.10. The average molecular weight is 304 g/mol. The molecule has 0 aromatic heterocycles. The second-order valence-electron chi connectivity index (χ2n) is 4.52. The Morgan fingerprint density at radius 1 is 0.810 bits per heavy atom. The van der Waals surface area contributed by atoms with Gasteiger partial charge >= 0.3 is 0 Å². The van der Waals surface area contributed by atoms with Gasteiger partial charge < -0.3 is 14.2 Å². The molecule has 4 heteroatoms. The highest BCUT2D eigenvalue weighted by atomic mass is 32.2. The number of hydrogen-bond donors (Lipinski definition) is 0. The fourth-order valence-electron chi connectivity index (χ4n) is 2.04. The van der Waals surface area contributed by atoms with Crippen LogP contribution in [0.5, 0.6) is 17.2 Å². The molecule has 0 spiro atoms. The van der Waals surface area contributed by atoms with Crippen LogP contribution in [0.1, 0.15) is 11.1 Å². The summed E-state index contributed by atoms with van der Waals surface area (Å²) in [5, 5.41) is 0. The second-order valence-corrected chi connectivity index (χ2v) is 5.51. The Bertz CT molecular complexity index is 584. The van der Waals surface area contributed by atoms with E-state index in [-0.39, 0.29) is 0 Å². The first-order valence-electron chi connectivity index (χ1n) is 6.68. The van der Waals surface area contributed by atoms with Gasteiger partial charge in [0.25, 0.3) is 0 Å². The monoisotopic (exact) mass is 304 g/mol. The minimum absolute atomic E-state index is 0.854. The molecule has 0 aliphatic rings. The van der Waals surface area contributed by atoms with Crippen LogP contribution in [0.3, 0.4) is 0 Å². The van der Waals surface area contributed by atoms with Gasteiger partial charge in [0, 0.05) is 17.1 Å². The van der Waals surface area contributed by atoms with Crippen molar-refractivity contribution in [3.05, 3.63) is 53.6 Å². The van der Waals surface area contributed by atoms with E-state index in [0.29, 0.717) is 0 Å². The van der Waals surface area contributed by atoms with Crippen molar-refractivity contribution in [1.82, 2.24) is 0 Å². The van der Waals surface area contributed by atoms with Crippen molar-refractivity contribution in [1.29, 1.82) is 0 Å². The van der Waals surface area contributed by atoms with Crippen molar-refractivity contribution in [3.8, 4) is 17.2 Å². The summed E-state index contributed by atoms with van der Waals surface area (Å²) in [5.74, 6) is 4.45. The summed E-state index contributed by atoms with van der Waals surface area (Å²) in [6.07, 6.45) is 0. The van der Waals surface area contributed by atoms with Gasteiger partial charge in [0.1, 0.15) is 17.2 Å². The molecule has 0 bridgehead atoms. The molecule has 0 atom stereocenters. The Labute approximate surface area is 130 Å². The van der Waals surface area contributed by atoms with Gasteiger partial charge in [-0.3, -0.25) is 0 Å². The van der Waals surface area contributed by atoms with Crippen molar-refractivity contribution < 1.29 is 14.2 Å². The molecule has 0 unspecified atom stereocenters. The summed E-state index contributed by atoms with van der Waals surface area (Å²) in [4.78, 5) is 0. The normalized spacial score (nSPS) is 10.2. The first kappa shape index (κ1) is 15.6. The molecule has 112 valence electrons. The number of ether oxygens (including phenoxy) is 3. The van der Waals surface area contributed by atoms with Crippen LogP contribution in [0.15, 0.2) is 42.5 Å². The SMILES string of the molecule is COc1cccc(CSCc2cc(OC)ccc2OC)c1. The third-order valence-corrected chi connectivity index (χ3v) is 4.20. The molecule has 3 nitrogen and oxygen atoms in total. The van der Waals surface area contributed by atoms with Crippen molar-refractivity contribution in [3.63, 3.8) is 0 Å². The lowest BCUT2D eigenvalue weighted by molar-refractivity contribution is 0.400. The molecule has 2 aromatic rings. The molecule has 2 aromatic carbocycles. The quantitative estimate of drug-likeness (QED) is 0.768. The van der Waals surface area contributed by atoms with Crippen LogP contribution in [0.2, 0.25) is 0 Å². The highest BCUT2D eigenvalue weighted by Gasteiger charge is 2.05.